The quantitative estimate of drug-likeness (QED) is 0.0482. The van der Waals surface area contributed by atoms with Gasteiger partial charge in [-0.1, -0.05) is 189 Å². The van der Waals surface area contributed by atoms with Gasteiger partial charge in [0.15, 0.2) is 0 Å². The zero-order valence-corrected chi connectivity index (χ0v) is 39.2. The van der Waals surface area contributed by atoms with Gasteiger partial charge in [-0.2, -0.15) is 0 Å². The van der Waals surface area contributed by atoms with Crippen LogP contribution in [0.2, 0.25) is 0 Å². The standard InChI is InChI=1S/C56H82N2O5/c1-3-4-5-6-13-19-28-45(2)29-20-16-26-35-49(59)34-25-14-11-9-7-8-10-12-15-27-36-54(60)57-51-37-38-52-55-48(39-40-58(52)56(51)61)41-50(62-43-46-30-21-17-22-31-46)42-53(55)63-44-47-32-23-18-24-33-47/h16-18,20-24,30-33,41-42,45,49,51-52,59H,3-15,19,25-29,34-40,43-44H2,1-2H3,(H,57,60)/b20-16+/t45-,49-,51-,52+/m0/s1. The number of aliphatic hydroxyl groups excluding tert-OH is 1. The molecule has 7 nitrogen and oxygen atoms in total. The van der Waals surface area contributed by atoms with E-state index in [1.54, 1.807) is 0 Å². The van der Waals surface area contributed by atoms with Gasteiger partial charge in [0.2, 0.25) is 11.8 Å². The topological polar surface area (TPSA) is 88.1 Å². The Morgan fingerprint density at radius 3 is 2.02 bits per heavy atom. The number of aliphatic hydroxyl groups is 1. The number of ether oxygens (including phenoxy) is 2. The number of allylic oxidation sites excluding steroid dienone is 2. The van der Waals surface area contributed by atoms with Crippen molar-refractivity contribution in [2.75, 3.05) is 6.54 Å². The molecule has 4 atom stereocenters. The Balaban J connectivity index is 0.904. The first-order chi connectivity index (χ1) is 30.9. The summed E-state index contributed by atoms with van der Waals surface area (Å²) in [6.45, 7) is 6.17. The van der Waals surface area contributed by atoms with Crippen LogP contribution in [0.1, 0.15) is 196 Å². The van der Waals surface area contributed by atoms with Gasteiger partial charge >= 0.3 is 0 Å². The van der Waals surface area contributed by atoms with Crippen molar-refractivity contribution in [2.45, 2.75) is 206 Å². The van der Waals surface area contributed by atoms with Gasteiger partial charge in [-0.15, -0.1) is 0 Å². The predicted octanol–water partition coefficient (Wildman–Crippen LogP) is 13.7. The normalized spacial score (nSPS) is 17.0. The summed E-state index contributed by atoms with van der Waals surface area (Å²) in [4.78, 5) is 28.9. The molecule has 3 aromatic carbocycles. The lowest BCUT2D eigenvalue weighted by atomic mass is 9.84. The molecule has 346 valence electrons. The van der Waals surface area contributed by atoms with Crippen LogP contribution in [-0.4, -0.2) is 40.5 Å². The van der Waals surface area contributed by atoms with Crippen molar-refractivity contribution in [1.29, 1.82) is 0 Å². The van der Waals surface area contributed by atoms with Crippen molar-refractivity contribution in [3.8, 4) is 11.5 Å². The summed E-state index contributed by atoms with van der Waals surface area (Å²) < 4.78 is 12.8. The fraction of sp³-hybridized carbons (Fsp3) is 0.607. The molecule has 7 heteroatoms. The fourth-order valence-electron chi connectivity index (χ4n) is 9.44. The maximum Gasteiger partial charge on any atom is 0.245 e. The van der Waals surface area contributed by atoms with Gasteiger partial charge in [0, 0.05) is 24.6 Å². The highest BCUT2D eigenvalue weighted by atomic mass is 16.5. The molecule has 2 amide bonds. The second kappa shape index (κ2) is 29.4. The molecule has 2 aliphatic heterocycles. The zero-order chi connectivity index (χ0) is 44.3. The summed E-state index contributed by atoms with van der Waals surface area (Å²) in [6, 6.07) is 23.9. The molecule has 3 aromatic rings. The summed E-state index contributed by atoms with van der Waals surface area (Å²) in [5.41, 5.74) is 4.43. The molecule has 2 N–H and O–H groups in total. The van der Waals surface area contributed by atoms with Crippen LogP contribution < -0.4 is 14.8 Å². The van der Waals surface area contributed by atoms with E-state index in [-0.39, 0.29) is 24.0 Å². The minimum Gasteiger partial charge on any atom is -0.489 e. The molecule has 0 radical (unpaired) electrons. The molecule has 0 aliphatic carbocycles. The van der Waals surface area contributed by atoms with Crippen LogP contribution in [-0.2, 0) is 29.2 Å². The lowest BCUT2D eigenvalue weighted by molar-refractivity contribution is -0.142. The number of hydrogen-bond acceptors (Lipinski definition) is 5. The van der Waals surface area contributed by atoms with E-state index in [2.05, 4.69) is 61.6 Å². The van der Waals surface area contributed by atoms with Crippen LogP contribution in [0, 0.1) is 5.92 Å². The van der Waals surface area contributed by atoms with Crippen molar-refractivity contribution in [1.82, 2.24) is 10.2 Å². The minimum atomic E-state index is -0.471. The summed E-state index contributed by atoms with van der Waals surface area (Å²) >= 11 is 0. The van der Waals surface area contributed by atoms with Gasteiger partial charge in [0.25, 0.3) is 0 Å². The number of unbranched alkanes of at least 4 members (excludes halogenated alkanes) is 14. The fourth-order valence-corrected chi connectivity index (χ4v) is 9.44. The molecule has 1 saturated heterocycles. The zero-order valence-electron chi connectivity index (χ0n) is 39.2. The third kappa shape index (κ3) is 18.5. The molecule has 0 saturated carbocycles. The molecular formula is C56H82N2O5. The molecular weight excluding hydrogens is 781 g/mol. The molecule has 0 spiro atoms. The van der Waals surface area contributed by atoms with E-state index in [4.69, 9.17) is 9.47 Å². The molecule has 2 aliphatic rings. The van der Waals surface area contributed by atoms with Crippen molar-refractivity contribution in [3.05, 3.63) is 107 Å². The molecule has 5 rings (SSSR count). The highest BCUT2D eigenvalue weighted by molar-refractivity contribution is 5.89. The van der Waals surface area contributed by atoms with Gasteiger partial charge in [-0.05, 0) is 80.0 Å². The minimum absolute atomic E-state index is 0.0124. The number of piperidine rings is 1. The van der Waals surface area contributed by atoms with E-state index in [0.717, 1.165) is 85.5 Å². The number of fused-ring (bicyclic) bond motifs is 3. The smallest absolute Gasteiger partial charge is 0.245 e. The maximum atomic E-state index is 13.9. The highest BCUT2D eigenvalue weighted by Crippen LogP contribution is 2.44. The largest absolute Gasteiger partial charge is 0.489 e. The monoisotopic (exact) mass is 863 g/mol. The SMILES string of the molecule is CCCCCCCC[C@H](C)C/C=C/CC[C@@H](O)CCCCCCCCCCCCC(=O)N[C@H]1CC[C@@H]2c3c(cc(OCc4ccccc4)cc3OCc3ccccc3)CCN2C1=O. The Morgan fingerprint density at radius 2 is 1.35 bits per heavy atom. The second-order valence-electron chi connectivity index (χ2n) is 18.7. The molecule has 0 aromatic heterocycles. The number of hydrogen-bond donors (Lipinski definition) is 2. The van der Waals surface area contributed by atoms with Crippen LogP contribution in [0.25, 0.3) is 0 Å². The number of carbonyl (C=O) groups excluding carboxylic acids is 2. The van der Waals surface area contributed by atoms with E-state index in [9.17, 15) is 14.7 Å². The molecule has 63 heavy (non-hydrogen) atoms. The first kappa shape index (κ1) is 49.9. The van der Waals surface area contributed by atoms with E-state index in [1.807, 2.05) is 47.4 Å². The molecule has 1 fully saturated rings. The number of rotatable bonds is 32. The first-order valence-corrected chi connectivity index (χ1v) is 25.3. The average molecular weight is 863 g/mol. The summed E-state index contributed by atoms with van der Waals surface area (Å²) in [5.74, 6) is 2.31. The lowest BCUT2D eigenvalue weighted by Gasteiger charge is -2.44. The van der Waals surface area contributed by atoms with Crippen molar-refractivity contribution in [2.24, 2.45) is 5.92 Å². The van der Waals surface area contributed by atoms with Crippen LogP contribution in [0.3, 0.4) is 0 Å². The molecule has 0 unspecified atom stereocenters. The van der Waals surface area contributed by atoms with Crippen LogP contribution in [0.5, 0.6) is 11.5 Å². The van der Waals surface area contributed by atoms with Gasteiger partial charge in [0.05, 0.1) is 12.1 Å². The molecule has 2 heterocycles. The van der Waals surface area contributed by atoms with Gasteiger partial charge < -0.3 is 24.8 Å². The van der Waals surface area contributed by atoms with Crippen molar-refractivity contribution < 1.29 is 24.2 Å². The van der Waals surface area contributed by atoms with Gasteiger partial charge in [-0.3, -0.25) is 9.59 Å². The van der Waals surface area contributed by atoms with Crippen LogP contribution >= 0.6 is 0 Å². The Hall–Kier alpha value is -4.10. The summed E-state index contributed by atoms with van der Waals surface area (Å²) in [7, 11) is 0. The van der Waals surface area contributed by atoms with E-state index < -0.39 is 6.04 Å². The number of benzene rings is 3. The van der Waals surface area contributed by atoms with Gasteiger partial charge in [-0.25, -0.2) is 0 Å². The summed E-state index contributed by atoms with van der Waals surface area (Å²) in [6.07, 6.45) is 32.2. The average Bonchev–Trinajstić information content (AvgIpc) is 3.30. The second-order valence-corrected chi connectivity index (χ2v) is 18.7. The Bertz CT molecular complexity index is 1750. The maximum absolute atomic E-state index is 13.9. The van der Waals surface area contributed by atoms with E-state index >= 15 is 0 Å². The lowest BCUT2D eigenvalue weighted by Crippen LogP contribution is -2.55. The number of carbonyl (C=O) groups is 2. The van der Waals surface area contributed by atoms with E-state index in [1.165, 1.54) is 95.5 Å². The van der Waals surface area contributed by atoms with Crippen LogP contribution in [0.15, 0.2) is 84.9 Å². The van der Waals surface area contributed by atoms with Crippen LogP contribution in [0.4, 0.5) is 0 Å². The Morgan fingerprint density at radius 1 is 0.746 bits per heavy atom. The van der Waals surface area contributed by atoms with Gasteiger partial charge in [0.1, 0.15) is 30.8 Å². The van der Waals surface area contributed by atoms with Crippen molar-refractivity contribution in [3.63, 3.8) is 0 Å². The Labute approximate surface area is 381 Å². The summed E-state index contributed by atoms with van der Waals surface area (Å²) in [5, 5.41) is 13.5. The third-order valence-electron chi connectivity index (χ3n) is 13.3. The number of nitrogens with zero attached hydrogens (tertiary/aromatic N) is 1. The molecule has 0 bridgehead atoms. The number of amides is 2. The van der Waals surface area contributed by atoms with E-state index in [0.29, 0.717) is 39.0 Å². The highest BCUT2D eigenvalue weighted by Gasteiger charge is 2.41. The Kier molecular flexibility index (Phi) is 23.3. The number of nitrogens with one attached hydrogen (secondary N) is 1. The predicted molar refractivity (Wildman–Crippen MR) is 259 cm³/mol. The third-order valence-corrected chi connectivity index (χ3v) is 13.3. The van der Waals surface area contributed by atoms with Crippen molar-refractivity contribution >= 4 is 11.8 Å². The first-order valence-electron chi connectivity index (χ1n) is 25.3.